The Morgan fingerprint density at radius 1 is 1.43 bits per heavy atom. The van der Waals surface area contributed by atoms with Gasteiger partial charge in [-0.1, -0.05) is 0 Å². The van der Waals surface area contributed by atoms with Crippen LogP contribution in [-0.2, 0) is 14.2 Å². The third kappa shape index (κ3) is 3.12. The van der Waals surface area contributed by atoms with Crippen LogP contribution in [0.15, 0.2) is 0 Å². The zero-order valence-electron chi connectivity index (χ0n) is 8.02. The minimum atomic E-state index is -0.687. The first-order chi connectivity index (χ1) is 6.74. The van der Waals surface area contributed by atoms with E-state index in [1.807, 2.05) is 0 Å². The standard InChI is InChI=1S/C8H13NO5/c1-2-12-7(10)9-3-5-13-8(11)14-6-4-9/h2-6H2,1H3. The average Bonchev–Trinajstić information content (AvgIpc) is 2.11. The number of hydrogen-bond donors (Lipinski definition) is 0. The van der Waals surface area contributed by atoms with Crippen LogP contribution in [0.3, 0.4) is 0 Å². The molecular formula is C8H13NO5. The minimum Gasteiger partial charge on any atom is -0.450 e. The predicted molar refractivity (Wildman–Crippen MR) is 45.9 cm³/mol. The van der Waals surface area contributed by atoms with E-state index in [0.717, 1.165) is 0 Å². The van der Waals surface area contributed by atoms with Crippen molar-refractivity contribution >= 4 is 12.2 Å². The molecule has 1 heterocycles. The van der Waals surface area contributed by atoms with E-state index in [1.54, 1.807) is 6.92 Å². The van der Waals surface area contributed by atoms with Crippen LogP contribution in [0.5, 0.6) is 0 Å². The van der Waals surface area contributed by atoms with E-state index in [4.69, 9.17) is 4.74 Å². The summed E-state index contributed by atoms with van der Waals surface area (Å²) in [6.45, 7) is 3.02. The fourth-order valence-electron chi connectivity index (χ4n) is 1.03. The largest absolute Gasteiger partial charge is 0.508 e. The molecule has 80 valence electrons. The molecule has 1 rings (SSSR count). The van der Waals surface area contributed by atoms with Gasteiger partial charge in [-0.15, -0.1) is 0 Å². The summed E-state index contributed by atoms with van der Waals surface area (Å²) in [4.78, 5) is 23.4. The van der Waals surface area contributed by atoms with Crippen LogP contribution in [0, 0.1) is 0 Å². The number of ether oxygens (including phenoxy) is 3. The van der Waals surface area contributed by atoms with Crippen LogP contribution in [-0.4, -0.2) is 50.1 Å². The number of cyclic esters (lactones) is 2. The molecule has 0 aliphatic carbocycles. The predicted octanol–water partition coefficient (Wildman–Crippen LogP) is 0.612. The summed E-state index contributed by atoms with van der Waals surface area (Å²) in [6.07, 6.45) is -1.09. The Morgan fingerprint density at radius 2 is 2.00 bits per heavy atom. The monoisotopic (exact) mass is 203 g/mol. The lowest BCUT2D eigenvalue weighted by atomic mass is 10.5. The molecule has 0 radical (unpaired) electrons. The molecule has 0 bridgehead atoms. The molecule has 1 amide bonds. The highest BCUT2D eigenvalue weighted by atomic mass is 16.7. The molecule has 0 N–H and O–H groups in total. The lowest BCUT2D eigenvalue weighted by Crippen LogP contribution is -2.39. The molecule has 14 heavy (non-hydrogen) atoms. The van der Waals surface area contributed by atoms with Crippen LogP contribution in [0.25, 0.3) is 0 Å². The first kappa shape index (κ1) is 10.6. The molecule has 0 aromatic rings. The van der Waals surface area contributed by atoms with Crippen molar-refractivity contribution in [3.05, 3.63) is 0 Å². The molecule has 0 saturated carbocycles. The molecule has 1 aliphatic rings. The lowest BCUT2D eigenvalue weighted by Gasteiger charge is -2.23. The first-order valence-electron chi connectivity index (χ1n) is 4.45. The van der Waals surface area contributed by atoms with Crippen LogP contribution in [0.1, 0.15) is 6.92 Å². The summed E-state index contributed by atoms with van der Waals surface area (Å²) >= 11 is 0. The van der Waals surface area contributed by atoms with Gasteiger partial charge in [0.2, 0.25) is 0 Å². The van der Waals surface area contributed by atoms with E-state index < -0.39 is 12.2 Å². The van der Waals surface area contributed by atoms with Crippen molar-refractivity contribution < 1.29 is 23.8 Å². The number of rotatable bonds is 1. The topological polar surface area (TPSA) is 65.1 Å². The number of hydrogen-bond acceptors (Lipinski definition) is 5. The fourth-order valence-corrected chi connectivity index (χ4v) is 1.03. The zero-order chi connectivity index (χ0) is 10.4. The second kappa shape index (κ2) is 5.31. The third-order valence-corrected chi connectivity index (χ3v) is 1.69. The van der Waals surface area contributed by atoms with Gasteiger partial charge in [-0.25, -0.2) is 9.59 Å². The Morgan fingerprint density at radius 3 is 2.50 bits per heavy atom. The Balaban J connectivity index is 2.38. The average molecular weight is 203 g/mol. The van der Waals surface area contributed by atoms with Gasteiger partial charge in [-0.2, -0.15) is 0 Å². The van der Waals surface area contributed by atoms with Gasteiger partial charge in [0.25, 0.3) is 0 Å². The van der Waals surface area contributed by atoms with Crippen molar-refractivity contribution in [1.29, 1.82) is 0 Å². The van der Waals surface area contributed by atoms with Crippen LogP contribution < -0.4 is 0 Å². The quantitative estimate of drug-likeness (QED) is 0.584. The molecule has 1 fully saturated rings. The maximum atomic E-state index is 11.3. The summed E-state index contributed by atoms with van der Waals surface area (Å²) in [5.74, 6) is 0. The van der Waals surface area contributed by atoms with Crippen LogP contribution in [0.4, 0.5) is 9.59 Å². The van der Waals surface area contributed by atoms with E-state index >= 15 is 0 Å². The third-order valence-electron chi connectivity index (χ3n) is 1.69. The molecule has 1 aliphatic heterocycles. The van der Waals surface area contributed by atoms with Crippen molar-refractivity contribution in [2.45, 2.75) is 6.92 Å². The SMILES string of the molecule is CCOC(=O)N1CCOC(=O)OCC1. The Bertz CT molecular complexity index is 206. The van der Waals surface area contributed by atoms with Crippen molar-refractivity contribution in [3.63, 3.8) is 0 Å². The molecule has 1 saturated heterocycles. The van der Waals surface area contributed by atoms with Gasteiger partial charge in [-0.3, -0.25) is 0 Å². The molecular weight excluding hydrogens is 190 g/mol. The molecule has 6 nitrogen and oxygen atoms in total. The van der Waals surface area contributed by atoms with E-state index in [2.05, 4.69) is 9.47 Å². The van der Waals surface area contributed by atoms with Gasteiger partial charge in [0, 0.05) is 0 Å². The fraction of sp³-hybridized carbons (Fsp3) is 0.750. The number of nitrogens with zero attached hydrogens (tertiary/aromatic N) is 1. The molecule has 0 spiro atoms. The van der Waals surface area contributed by atoms with Crippen molar-refractivity contribution in [2.24, 2.45) is 0 Å². The highest BCUT2D eigenvalue weighted by Gasteiger charge is 2.18. The van der Waals surface area contributed by atoms with E-state index in [0.29, 0.717) is 19.7 Å². The second-order valence-corrected chi connectivity index (χ2v) is 2.63. The maximum Gasteiger partial charge on any atom is 0.508 e. The normalized spacial score (nSPS) is 17.5. The van der Waals surface area contributed by atoms with Crippen LogP contribution in [0.2, 0.25) is 0 Å². The first-order valence-corrected chi connectivity index (χ1v) is 4.45. The van der Waals surface area contributed by atoms with Gasteiger partial charge < -0.3 is 19.1 Å². The van der Waals surface area contributed by atoms with Gasteiger partial charge in [0.05, 0.1) is 19.7 Å². The highest BCUT2D eigenvalue weighted by molar-refractivity contribution is 5.68. The lowest BCUT2D eigenvalue weighted by molar-refractivity contribution is 0.0186. The highest BCUT2D eigenvalue weighted by Crippen LogP contribution is 1.99. The van der Waals surface area contributed by atoms with E-state index in [1.165, 1.54) is 4.90 Å². The summed E-state index contributed by atoms with van der Waals surface area (Å²) in [5, 5.41) is 0. The molecule has 0 aromatic heterocycles. The summed E-state index contributed by atoms with van der Waals surface area (Å²) < 4.78 is 14.1. The Hall–Kier alpha value is -1.46. The maximum absolute atomic E-state index is 11.3. The minimum absolute atomic E-state index is 0.137. The second-order valence-electron chi connectivity index (χ2n) is 2.63. The summed E-state index contributed by atoms with van der Waals surface area (Å²) in [5.41, 5.74) is 0. The molecule has 6 heteroatoms. The van der Waals surface area contributed by atoms with Gasteiger partial charge in [-0.05, 0) is 6.92 Å². The molecule has 0 atom stereocenters. The number of carbonyl (C=O) groups excluding carboxylic acids is 2. The van der Waals surface area contributed by atoms with Gasteiger partial charge >= 0.3 is 12.2 Å². The van der Waals surface area contributed by atoms with Crippen molar-refractivity contribution in [2.75, 3.05) is 32.9 Å². The molecule has 0 unspecified atom stereocenters. The van der Waals surface area contributed by atoms with Crippen LogP contribution >= 0.6 is 0 Å². The van der Waals surface area contributed by atoms with E-state index in [-0.39, 0.29) is 13.2 Å². The summed E-state index contributed by atoms with van der Waals surface area (Å²) in [6, 6.07) is 0. The number of carbonyl (C=O) groups is 2. The Labute approximate surface area is 81.7 Å². The van der Waals surface area contributed by atoms with Crippen molar-refractivity contribution in [3.8, 4) is 0 Å². The Kier molecular flexibility index (Phi) is 4.03. The van der Waals surface area contributed by atoms with Gasteiger partial charge in [0.15, 0.2) is 0 Å². The van der Waals surface area contributed by atoms with Gasteiger partial charge in [0.1, 0.15) is 13.2 Å². The molecule has 0 aromatic carbocycles. The van der Waals surface area contributed by atoms with Crippen molar-refractivity contribution in [1.82, 2.24) is 4.90 Å². The zero-order valence-corrected chi connectivity index (χ0v) is 8.02. The smallest absolute Gasteiger partial charge is 0.450 e. The number of amides is 1. The van der Waals surface area contributed by atoms with E-state index in [9.17, 15) is 9.59 Å². The summed E-state index contributed by atoms with van der Waals surface area (Å²) in [7, 11) is 0.